The highest BCUT2D eigenvalue weighted by Crippen LogP contribution is 2.27. The second-order valence-electron chi connectivity index (χ2n) is 6.19. The van der Waals surface area contributed by atoms with Crippen molar-refractivity contribution in [2.75, 3.05) is 18.4 Å². The van der Waals surface area contributed by atoms with Gasteiger partial charge in [0.2, 0.25) is 0 Å². The molecule has 25 heavy (non-hydrogen) atoms. The molecule has 2 amide bonds. The van der Waals surface area contributed by atoms with E-state index in [1.807, 2.05) is 45.8 Å². The fraction of sp³-hybridized carbons (Fsp3) is 0.278. The lowest BCUT2D eigenvalue weighted by molar-refractivity contribution is 0.193. The van der Waals surface area contributed by atoms with E-state index in [1.165, 1.54) is 0 Å². The molecule has 0 saturated carbocycles. The number of carbonyl (C=O) groups is 1. The first-order valence-corrected chi connectivity index (χ1v) is 8.69. The number of amides is 2. The molecule has 0 spiro atoms. The molecule has 1 aliphatic heterocycles. The fourth-order valence-corrected chi connectivity index (χ4v) is 3.44. The Morgan fingerprint density at radius 1 is 1.12 bits per heavy atom. The van der Waals surface area contributed by atoms with Gasteiger partial charge in [0.15, 0.2) is 5.65 Å². The maximum atomic E-state index is 12.4. The number of hydrogen-bond acceptors (Lipinski definition) is 3. The Bertz CT molecular complexity index is 901. The van der Waals surface area contributed by atoms with Gasteiger partial charge in [0.1, 0.15) is 5.82 Å². The van der Waals surface area contributed by atoms with Gasteiger partial charge in [0.05, 0.1) is 0 Å². The number of nitrogens with one attached hydrogen (secondary N) is 1. The van der Waals surface area contributed by atoms with Crippen LogP contribution in [0.5, 0.6) is 0 Å². The number of likely N-dealkylation sites (tertiary alicyclic amines) is 1. The molecule has 0 atom stereocenters. The topological polar surface area (TPSA) is 62.5 Å². The molecule has 7 heteroatoms. The molecule has 128 valence electrons. The summed E-state index contributed by atoms with van der Waals surface area (Å²) in [6.07, 6.45) is 3.74. The van der Waals surface area contributed by atoms with E-state index in [2.05, 4.69) is 15.5 Å². The molecule has 0 radical (unpaired) electrons. The SMILES string of the molecule is O=C(Nc1cccc(Cl)c1)N1CCC(c2nnc3ccccn23)CC1. The third-order valence-corrected chi connectivity index (χ3v) is 4.80. The minimum absolute atomic E-state index is 0.0909. The molecule has 1 fully saturated rings. The van der Waals surface area contributed by atoms with Crippen molar-refractivity contribution < 1.29 is 4.79 Å². The molecule has 1 saturated heterocycles. The largest absolute Gasteiger partial charge is 0.324 e. The van der Waals surface area contributed by atoms with Gasteiger partial charge in [-0.3, -0.25) is 4.40 Å². The number of pyridine rings is 1. The van der Waals surface area contributed by atoms with E-state index >= 15 is 0 Å². The Hall–Kier alpha value is -2.60. The van der Waals surface area contributed by atoms with E-state index < -0.39 is 0 Å². The smallest absolute Gasteiger partial charge is 0.321 e. The van der Waals surface area contributed by atoms with Crippen LogP contribution in [0.3, 0.4) is 0 Å². The lowest BCUT2D eigenvalue weighted by Gasteiger charge is -2.31. The summed E-state index contributed by atoms with van der Waals surface area (Å²) >= 11 is 5.96. The number of benzene rings is 1. The molecule has 2 aromatic heterocycles. The van der Waals surface area contributed by atoms with Gasteiger partial charge in [-0.2, -0.15) is 0 Å². The van der Waals surface area contributed by atoms with Crippen molar-refractivity contribution in [1.82, 2.24) is 19.5 Å². The third-order valence-electron chi connectivity index (χ3n) is 4.56. The Morgan fingerprint density at radius 2 is 1.96 bits per heavy atom. The Labute approximate surface area is 150 Å². The summed E-state index contributed by atoms with van der Waals surface area (Å²) < 4.78 is 2.03. The predicted octanol–water partition coefficient (Wildman–Crippen LogP) is 3.79. The van der Waals surface area contributed by atoms with Crippen molar-refractivity contribution >= 4 is 29.0 Å². The van der Waals surface area contributed by atoms with Crippen LogP contribution < -0.4 is 5.32 Å². The van der Waals surface area contributed by atoms with E-state index in [4.69, 9.17) is 11.6 Å². The molecule has 3 heterocycles. The van der Waals surface area contributed by atoms with Crippen molar-refractivity contribution in [3.63, 3.8) is 0 Å². The van der Waals surface area contributed by atoms with E-state index in [1.54, 1.807) is 12.1 Å². The highest BCUT2D eigenvalue weighted by molar-refractivity contribution is 6.30. The lowest BCUT2D eigenvalue weighted by atomic mass is 9.96. The Balaban J connectivity index is 1.40. The normalized spacial score (nSPS) is 15.5. The first-order valence-electron chi connectivity index (χ1n) is 8.32. The Morgan fingerprint density at radius 3 is 2.76 bits per heavy atom. The number of piperidine rings is 1. The van der Waals surface area contributed by atoms with Gasteiger partial charge in [0, 0.05) is 35.9 Å². The molecule has 3 aromatic rings. The van der Waals surface area contributed by atoms with Gasteiger partial charge in [0.25, 0.3) is 0 Å². The number of urea groups is 1. The fourth-order valence-electron chi connectivity index (χ4n) is 3.25. The number of anilines is 1. The lowest BCUT2D eigenvalue weighted by Crippen LogP contribution is -2.40. The summed E-state index contributed by atoms with van der Waals surface area (Å²) in [5, 5.41) is 12.1. The van der Waals surface area contributed by atoms with Crippen LogP contribution in [-0.2, 0) is 0 Å². The standard InChI is InChI=1S/C18H18ClN5O/c19-14-4-3-5-15(12-14)20-18(25)23-10-7-13(8-11-23)17-22-21-16-6-1-2-9-24(16)17/h1-6,9,12-13H,7-8,10-11H2,(H,20,25). The molecule has 1 aliphatic rings. The van der Waals surface area contributed by atoms with Crippen LogP contribution in [0.2, 0.25) is 5.02 Å². The summed E-state index contributed by atoms with van der Waals surface area (Å²) in [4.78, 5) is 14.3. The molecule has 4 rings (SSSR count). The number of carbonyl (C=O) groups excluding carboxylic acids is 1. The van der Waals surface area contributed by atoms with Crippen LogP contribution in [0, 0.1) is 0 Å². The van der Waals surface area contributed by atoms with E-state index in [9.17, 15) is 4.79 Å². The molecule has 0 unspecified atom stereocenters. The van der Waals surface area contributed by atoms with Crippen molar-refractivity contribution in [3.8, 4) is 0 Å². The zero-order valence-corrected chi connectivity index (χ0v) is 14.4. The first kappa shape index (κ1) is 15.9. The number of rotatable bonds is 2. The highest BCUT2D eigenvalue weighted by atomic mass is 35.5. The van der Waals surface area contributed by atoms with E-state index in [0.29, 0.717) is 29.7 Å². The predicted molar refractivity (Wildman–Crippen MR) is 97.0 cm³/mol. The van der Waals surface area contributed by atoms with Crippen LogP contribution >= 0.6 is 11.6 Å². The monoisotopic (exact) mass is 355 g/mol. The maximum absolute atomic E-state index is 12.4. The highest BCUT2D eigenvalue weighted by Gasteiger charge is 2.26. The average molecular weight is 356 g/mol. The minimum atomic E-state index is -0.0909. The molecule has 1 N–H and O–H groups in total. The van der Waals surface area contributed by atoms with Gasteiger partial charge >= 0.3 is 6.03 Å². The quantitative estimate of drug-likeness (QED) is 0.760. The summed E-state index contributed by atoms with van der Waals surface area (Å²) in [5.74, 6) is 1.29. The van der Waals surface area contributed by atoms with Gasteiger partial charge in [-0.05, 0) is 43.2 Å². The number of halogens is 1. The Kier molecular flexibility index (Phi) is 4.28. The summed E-state index contributed by atoms with van der Waals surface area (Å²) in [7, 11) is 0. The van der Waals surface area contributed by atoms with E-state index in [-0.39, 0.29) is 6.03 Å². The van der Waals surface area contributed by atoms with Crippen LogP contribution in [0.25, 0.3) is 5.65 Å². The molecular weight excluding hydrogens is 338 g/mol. The maximum Gasteiger partial charge on any atom is 0.321 e. The summed E-state index contributed by atoms with van der Waals surface area (Å²) in [5.41, 5.74) is 1.57. The molecule has 0 bridgehead atoms. The van der Waals surface area contributed by atoms with Crippen LogP contribution in [-0.4, -0.2) is 38.6 Å². The van der Waals surface area contributed by atoms with Crippen LogP contribution in [0.15, 0.2) is 48.7 Å². The molecule has 0 aliphatic carbocycles. The zero-order valence-electron chi connectivity index (χ0n) is 13.6. The molecule has 6 nitrogen and oxygen atoms in total. The summed E-state index contributed by atoms with van der Waals surface area (Å²) in [6.45, 7) is 1.39. The first-order chi connectivity index (χ1) is 12.2. The van der Waals surface area contributed by atoms with Crippen molar-refractivity contribution in [2.45, 2.75) is 18.8 Å². The minimum Gasteiger partial charge on any atom is -0.324 e. The molecular formula is C18H18ClN5O. The average Bonchev–Trinajstić information content (AvgIpc) is 3.06. The van der Waals surface area contributed by atoms with Crippen LogP contribution in [0.1, 0.15) is 24.6 Å². The molecule has 1 aromatic carbocycles. The third kappa shape index (κ3) is 3.30. The van der Waals surface area contributed by atoms with Gasteiger partial charge in [-0.25, -0.2) is 4.79 Å². The van der Waals surface area contributed by atoms with E-state index in [0.717, 1.165) is 24.3 Å². The van der Waals surface area contributed by atoms with Crippen molar-refractivity contribution in [2.24, 2.45) is 0 Å². The van der Waals surface area contributed by atoms with Gasteiger partial charge < -0.3 is 10.2 Å². The van der Waals surface area contributed by atoms with Crippen molar-refractivity contribution in [3.05, 3.63) is 59.5 Å². The van der Waals surface area contributed by atoms with Gasteiger partial charge in [-0.1, -0.05) is 23.7 Å². The number of hydrogen-bond donors (Lipinski definition) is 1. The summed E-state index contributed by atoms with van der Waals surface area (Å²) in [6, 6.07) is 13.0. The van der Waals surface area contributed by atoms with Gasteiger partial charge in [-0.15, -0.1) is 10.2 Å². The van der Waals surface area contributed by atoms with Crippen molar-refractivity contribution in [1.29, 1.82) is 0 Å². The number of aromatic nitrogens is 3. The second kappa shape index (κ2) is 6.72. The number of nitrogens with zero attached hydrogens (tertiary/aromatic N) is 4. The zero-order chi connectivity index (χ0) is 17.2. The number of fused-ring (bicyclic) bond motifs is 1. The van der Waals surface area contributed by atoms with Crippen LogP contribution in [0.4, 0.5) is 10.5 Å². The second-order valence-corrected chi connectivity index (χ2v) is 6.63.